The first-order valence-corrected chi connectivity index (χ1v) is 9.24. The van der Waals surface area contributed by atoms with Crippen molar-refractivity contribution in [1.82, 2.24) is 15.3 Å². The summed E-state index contributed by atoms with van der Waals surface area (Å²) in [6.45, 7) is 1.11. The molecule has 1 amide bonds. The second-order valence-electron chi connectivity index (χ2n) is 6.54. The summed E-state index contributed by atoms with van der Waals surface area (Å²) in [7, 11) is 0. The number of nitrogens with one attached hydrogen (secondary N) is 2. The largest absolute Gasteiger partial charge is 0.489 e. The lowest BCUT2D eigenvalue weighted by Gasteiger charge is -2.07. The van der Waals surface area contributed by atoms with Crippen molar-refractivity contribution in [2.75, 3.05) is 6.54 Å². The van der Waals surface area contributed by atoms with E-state index in [2.05, 4.69) is 21.4 Å². The van der Waals surface area contributed by atoms with Crippen molar-refractivity contribution in [2.45, 2.75) is 13.0 Å². The average molecular weight is 371 g/mol. The Bertz CT molecular complexity index is 1060. The van der Waals surface area contributed by atoms with Gasteiger partial charge in [0.1, 0.15) is 12.4 Å². The summed E-state index contributed by atoms with van der Waals surface area (Å²) in [5.74, 6) is 0.745. The summed E-state index contributed by atoms with van der Waals surface area (Å²) in [4.78, 5) is 19.3. The van der Waals surface area contributed by atoms with Crippen LogP contribution in [0.15, 0.2) is 79.3 Å². The molecule has 2 aromatic heterocycles. The molecule has 0 unspecified atom stereocenters. The van der Waals surface area contributed by atoms with E-state index in [1.807, 2.05) is 48.7 Å². The van der Waals surface area contributed by atoms with Crippen LogP contribution < -0.4 is 10.1 Å². The lowest BCUT2D eigenvalue weighted by molar-refractivity contribution is 0.0954. The van der Waals surface area contributed by atoms with Crippen LogP contribution in [0.25, 0.3) is 10.9 Å². The standard InChI is InChI=1S/C23H21N3O2/c27-23(18-8-11-24-12-9-18)25-13-10-19-15-26-22-14-20(6-7-21(19)22)28-16-17-4-2-1-3-5-17/h1-9,11-12,14-15,26H,10,13,16H2,(H,25,27). The van der Waals surface area contributed by atoms with E-state index in [-0.39, 0.29) is 5.91 Å². The molecule has 0 saturated carbocycles. The minimum atomic E-state index is -0.0844. The number of carbonyl (C=O) groups excluding carboxylic acids is 1. The Hall–Kier alpha value is -3.60. The Morgan fingerprint density at radius 1 is 1.04 bits per heavy atom. The Labute approximate surface area is 163 Å². The molecule has 0 fully saturated rings. The zero-order valence-electron chi connectivity index (χ0n) is 15.4. The fourth-order valence-electron chi connectivity index (χ4n) is 3.12. The summed E-state index contributed by atoms with van der Waals surface area (Å²) < 4.78 is 5.89. The highest BCUT2D eigenvalue weighted by Crippen LogP contribution is 2.24. The molecule has 0 spiro atoms. The van der Waals surface area contributed by atoms with Gasteiger partial charge >= 0.3 is 0 Å². The third-order valence-electron chi connectivity index (χ3n) is 4.61. The molecule has 28 heavy (non-hydrogen) atoms. The monoisotopic (exact) mass is 371 g/mol. The Morgan fingerprint density at radius 3 is 2.68 bits per heavy atom. The van der Waals surface area contributed by atoms with Crippen LogP contribution >= 0.6 is 0 Å². The molecule has 0 bridgehead atoms. The molecule has 0 aliphatic carbocycles. The molecule has 2 N–H and O–H groups in total. The van der Waals surface area contributed by atoms with Gasteiger partial charge in [-0.05, 0) is 41.8 Å². The topological polar surface area (TPSA) is 67.0 Å². The van der Waals surface area contributed by atoms with Crippen LogP contribution in [0.1, 0.15) is 21.5 Å². The van der Waals surface area contributed by atoms with E-state index in [9.17, 15) is 4.79 Å². The molecular formula is C23H21N3O2. The van der Waals surface area contributed by atoms with Crippen LogP contribution in [0, 0.1) is 0 Å². The number of hydrogen-bond donors (Lipinski definition) is 2. The number of rotatable bonds is 7. The molecule has 0 radical (unpaired) electrons. The minimum absolute atomic E-state index is 0.0844. The molecule has 2 heterocycles. The summed E-state index contributed by atoms with van der Waals surface area (Å²) >= 11 is 0. The van der Waals surface area contributed by atoms with Gasteiger partial charge in [0.15, 0.2) is 0 Å². The number of pyridine rings is 1. The van der Waals surface area contributed by atoms with E-state index in [4.69, 9.17) is 4.74 Å². The van der Waals surface area contributed by atoms with Gasteiger partial charge in [0.2, 0.25) is 0 Å². The maximum atomic E-state index is 12.1. The van der Waals surface area contributed by atoms with Crippen LogP contribution in [-0.2, 0) is 13.0 Å². The molecule has 0 aliphatic heterocycles. The van der Waals surface area contributed by atoms with Crippen molar-refractivity contribution in [3.8, 4) is 5.75 Å². The molecule has 5 nitrogen and oxygen atoms in total. The van der Waals surface area contributed by atoms with Crippen molar-refractivity contribution in [3.05, 3.63) is 95.9 Å². The lowest BCUT2D eigenvalue weighted by Crippen LogP contribution is -2.25. The molecule has 2 aromatic carbocycles. The molecule has 140 valence electrons. The molecule has 4 aromatic rings. The molecule has 4 rings (SSSR count). The van der Waals surface area contributed by atoms with E-state index in [0.717, 1.165) is 28.6 Å². The van der Waals surface area contributed by atoms with Gasteiger partial charge in [0.05, 0.1) is 0 Å². The van der Waals surface area contributed by atoms with Crippen molar-refractivity contribution in [1.29, 1.82) is 0 Å². The molecule has 0 aliphatic rings. The number of ether oxygens (including phenoxy) is 1. The van der Waals surface area contributed by atoms with Crippen molar-refractivity contribution >= 4 is 16.8 Å². The van der Waals surface area contributed by atoms with E-state index >= 15 is 0 Å². The minimum Gasteiger partial charge on any atom is -0.489 e. The number of H-pyrrole nitrogens is 1. The highest BCUT2D eigenvalue weighted by atomic mass is 16.5. The number of fused-ring (bicyclic) bond motifs is 1. The number of benzene rings is 2. The van der Waals surface area contributed by atoms with Crippen molar-refractivity contribution < 1.29 is 9.53 Å². The second-order valence-corrected chi connectivity index (χ2v) is 6.54. The summed E-state index contributed by atoms with van der Waals surface area (Å²) in [5.41, 5.74) is 3.95. The first kappa shape index (κ1) is 17.8. The summed E-state index contributed by atoms with van der Waals surface area (Å²) in [6, 6.07) is 19.6. The van der Waals surface area contributed by atoms with Gasteiger partial charge in [-0.25, -0.2) is 0 Å². The first-order chi connectivity index (χ1) is 13.8. The van der Waals surface area contributed by atoms with Crippen LogP contribution in [0.4, 0.5) is 0 Å². The fourth-order valence-corrected chi connectivity index (χ4v) is 3.12. The number of amides is 1. The SMILES string of the molecule is O=C(NCCc1c[nH]c2cc(OCc3ccccc3)ccc12)c1ccncc1. The van der Waals surface area contributed by atoms with Gasteiger partial charge < -0.3 is 15.0 Å². The zero-order valence-corrected chi connectivity index (χ0v) is 15.4. The lowest BCUT2D eigenvalue weighted by atomic mass is 10.1. The number of hydrogen-bond acceptors (Lipinski definition) is 3. The number of carbonyl (C=O) groups is 1. The van der Waals surface area contributed by atoms with Crippen LogP contribution in [0.5, 0.6) is 5.75 Å². The molecule has 0 atom stereocenters. The van der Waals surface area contributed by atoms with Gasteiger partial charge in [-0.2, -0.15) is 0 Å². The van der Waals surface area contributed by atoms with Crippen molar-refractivity contribution in [3.63, 3.8) is 0 Å². The van der Waals surface area contributed by atoms with Crippen LogP contribution in [0.3, 0.4) is 0 Å². The van der Waals surface area contributed by atoms with Crippen LogP contribution in [-0.4, -0.2) is 22.4 Å². The van der Waals surface area contributed by atoms with E-state index in [1.54, 1.807) is 24.5 Å². The third-order valence-corrected chi connectivity index (χ3v) is 4.61. The van der Waals surface area contributed by atoms with Gasteiger partial charge in [-0.15, -0.1) is 0 Å². The number of aromatic nitrogens is 2. The fraction of sp³-hybridized carbons (Fsp3) is 0.130. The molecule has 0 saturated heterocycles. The maximum absolute atomic E-state index is 12.1. The van der Waals surface area contributed by atoms with Gasteiger partial charge in [-0.3, -0.25) is 9.78 Å². The summed E-state index contributed by atoms with van der Waals surface area (Å²) in [6.07, 6.45) is 5.98. The average Bonchev–Trinajstić information content (AvgIpc) is 3.16. The first-order valence-electron chi connectivity index (χ1n) is 9.24. The third kappa shape index (κ3) is 4.20. The van der Waals surface area contributed by atoms with Crippen molar-refractivity contribution in [2.24, 2.45) is 0 Å². The highest BCUT2D eigenvalue weighted by Gasteiger charge is 2.08. The Morgan fingerprint density at radius 2 is 1.86 bits per heavy atom. The van der Waals surface area contributed by atoms with E-state index in [0.29, 0.717) is 18.7 Å². The van der Waals surface area contributed by atoms with Gasteiger partial charge in [0, 0.05) is 47.7 Å². The number of nitrogens with zero attached hydrogens (tertiary/aromatic N) is 1. The predicted molar refractivity (Wildman–Crippen MR) is 109 cm³/mol. The van der Waals surface area contributed by atoms with E-state index < -0.39 is 0 Å². The summed E-state index contributed by atoms with van der Waals surface area (Å²) in [5, 5.41) is 4.09. The normalized spacial score (nSPS) is 10.7. The molecular weight excluding hydrogens is 350 g/mol. The Balaban J connectivity index is 1.36. The predicted octanol–water partition coefficient (Wildman–Crippen LogP) is 4.11. The Kier molecular flexibility index (Phi) is 5.33. The van der Waals surface area contributed by atoms with E-state index in [1.165, 1.54) is 5.56 Å². The quantitative estimate of drug-likeness (QED) is 0.514. The smallest absolute Gasteiger partial charge is 0.251 e. The zero-order chi connectivity index (χ0) is 19.2. The number of aromatic amines is 1. The van der Waals surface area contributed by atoms with Gasteiger partial charge in [-0.1, -0.05) is 30.3 Å². The van der Waals surface area contributed by atoms with Gasteiger partial charge in [0.25, 0.3) is 5.91 Å². The van der Waals surface area contributed by atoms with Crippen LogP contribution in [0.2, 0.25) is 0 Å². The maximum Gasteiger partial charge on any atom is 0.251 e. The highest BCUT2D eigenvalue weighted by molar-refractivity contribution is 5.94. The molecule has 5 heteroatoms. The second kappa shape index (κ2) is 8.39.